The third kappa shape index (κ3) is 2.25. The highest BCUT2D eigenvalue weighted by Crippen LogP contribution is 2.28. The van der Waals surface area contributed by atoms with E-state index >= 15 is 0 Å². The molecule has 0 bridgehead atoms. The van der Waals surface area contributed by atoms with Crippen LogP contribution in [0.15, 0.2) is 24.3 Å². The summed E-state index contributed by atoms with van der Waals surface area (Å²) in [7, 11) is 0. The molecule has 1 rings (SSSR count). The van der Waals surface area contributed by atoms with Crippen LogP contribution in [0.3, 0.4) is 0 Å². The Morgan fingerprint density at radius 2 is 2.23 bits per heavy atom. The van der Waals surface area contributed by atoms with E-state index in [0.29, 0.717) is 6.61 Å². The molecule has 0 heterocycles. The second-order valence-corrected chi connectivity index (χ2v) is 2.62. The van der Waals surface area contributed by atoms with Crippen LogP contribution >= 0.6 is 0 Å². The Morgan fingerprint density at radius 1 is 1.46 bits per heavy atom. The smallest absolute Gasteiger partial charge is 0.130 e. The molecule has 0 aliphatic rings. The standard InChI is InChI=1S/C11H14O2/c1-3-6-9-10(12)7-5-8-11(9)13-4-2/h3,5-8,12H,4H2,1-2H3/b6-3-. The number of ether oxygens (including phenoxy) is 1. The summed E-state index contributed by atoms with van der Waals surface area (Å²) >= 11 is 0. The number of benzene rings is 1. The lowest BCUT2D eigenvalue weighted by Gasteiger charge is -2.07. The lowest BCUT2D eigenvalue weighted by Crippen LogP contribution is -1.93. The molecule has 0 aromatic heterocycles. The van der Waals surface area contributed by atoms with Crippen molar-refractivity contribution in [3.05, 3.63) is 29.8 Å². The number of hydrogen-bond acceptors (Lipinski definition) is 2. The molecular formula is C11H14O2. The van der Waals surface area contributed by atoms with Crippen LogP contribution in [-0.4, -0.2) is 11.7 Å². The zero-order valence-electron chi connectivity index (χ0n) is 7.95. The van der Waals surface area contributed by atoms with Crippen LogP contribution in [0, 0.1) is 0 Å². The Labute approximate surface area is 78.5 Å². The Hall–Kier alpha value is -1.44. The monoisotopic (exact) mass is 178 g/mol. The summed E-state index contributed by atoms with van der Waals surface area (Å²) in [6.45, 7) is 4.43. The largest absolute Gasteiger partial charge is 0.507 e. The number of aromatic hydroxyl groups is 1. The van der Waals surface area contributed by atoms with Crippen molar-refractivity contribution in [3.8, 4) is 11.5 Å². The first-order chi connectivity index (χ1) is 6.29. The van der Waals surface area contributed by atoms with Crippen LogP contribution in [0.1, 0.15) is 19.4 Å². The first kappa shape index (κ1) is 9.65. The summed E-state index contributed by atoms with van der Waals surface area (Å²) in [6, 6.07) is 5.27. The molecule has 0 amide bonds. The molecule has 1 aromatic carbocycles. The van der Waals surface area contributed by atoms with Gasteiger partial charge < -0.3 is 9.84 Å². The zero-order valence-corrected chi connectivity index (χ0v) is 7.95. The number of hydrogen-bond donors (Lipinski definition) is 1. The van der Waals surface area contributed by atoms with Crippen molar-refractivity contribution in [2.24, 2.45) is 0 Å². The highest BCUT2D eigenvalue weighted by atomic mass is 16.5. The van der Waals surface area contributed by atoms with Gasteiger partial charge in [0.25, 0.3) is 0 Å². The molecule has 0 unspecified atom stereocenters. The third-order valence-electron chi connectivity index (χ3n) is 1.68. The van der Waals surface area contributed by atoms with Gasteiger partial charge in [0.15, 0.2) is 0 Å². The van der Waals surface area contributed by atoms with Crippen molar-refractivity contribution in [2.45, 2.75) is 13.8 Å². The predicted molar refractivity (Wildman–Crippen MR) is 54.0 cm³/mol. The normalized spacial score (nSPS) is 10.6. The van der Waals surface area contributed by atoms with E-state index < -0.39 is 0 Å². The summed E-state index contributed by atoms with van der Waals surface area (Å²) in [5, 5.41) is 9.52. The van der Waals surface area contributed by atoms with E-state index in [1.54, 1.807) is 12.1 Å². The molecular weight excluding hydrogens is 164 g/mol. The van der Waals surface area contributed by atoms with Crippen molar-refractivity contribution >= 4 is 6.08 Å². The number of phenols is 1. The van der Waals surface area contributed by atoms with Crippen LogP contribution < -0.4 is 4.74 Å². The molecule has 70 valence electrons. The maximum Gasteiger partial charge on any atom is 0.130 e. The fraction of sp³-hybridized carbons (Fsp3) is 0.273. The molecule has 0 aliphatic heterocycles. The minimum absolute atomic E-state index is 0.254. The fourth-order valence-electron chi connectivity index (χ4n) is 1.15. The summed E-state index contributed by atoms with van der Waals surface area (Å²) in [5.41, 5.74) is 0.742. The van der Waals surface area contributed by atoms with Gasteiger partial charge in [0.2, 0.25) is 0 Å². The molecule has 0 atom stereocenters. The van der Waals surface area contributed by atoms with Crippen molar-refractivity contribution in [1.29, 1.82) is 0 Å². The minimum atomic E-state index is 0.254. The molecule has 0 aliphatic carbocycles. The predicted octanol–water partition coefficient (Wildman–Crippen LogP) is 2.82. The van der Waals surface area contributed by atoms with E-state index in [1.807, 2.05) is 32.1 Å². The fourth-order valence-corrected chi connectivity index (χ4v) is 1.15. The van der Waals surface area contributed by atoms with E-state index in [1.165, 1.54) is 0 Å². The molecule has 1 N–H and O–H groups in total. The van der Waals surface area contributed by atoms with Gasteiger partial charge in [-0.05, 0) is 26.0 Å². The Balaban J connectivity index is 3.09. The zero-order chi connectivity index (χ0) is 9.68. The lowest BCUT2D eigenvalue weighted by atomic mass is 10.1. The molecule has 1 aromatic rings. The summed E-state index contributed by atoms with van der Waals surface area (Å²) in [6.07, 6.45) is 3.71. The summed E-state index contributed by atoms with van der Waals surface area (Å²) in [4.78, 5) is 0. The summed E-state index contributed by atoms with van der Waals surface area (Å²) in [5.74, 6) is 0.977. The van der Waals surface area contributed by atoms with Crippen LogP contribution in [0.5, 0.6) is 11.5 Å². The van der Waals surface area contributed by atoms with Crippen LogP contribution in [0.4, 0.5) is 0 Å². The number of allylic oxidation sites excluding steroid dienone is 1. The van der Waals surface area contributed by atoms with Crippen molar-refractivity contribution in [1.82, 2.24) is 0 Å². The maximum absolute atomic E-state index is 9.52. The molecule has 0 radical (unpaired) electrons. The SMILES string of the molecule is C/C=C\c1c(O)cccc1OCC. The number of rotatable bonds is 3. The van der Waals surface area contributed by atoms with Crippen molar-refractivity contribution in [3.63, 3.8) is 0 Å². The quantitative estimate of drug-likeness (QED) is 0.771. The molecule has 13 heavy (non-hydrogen) atoms. The number of phenolic OH excluding ortho intramolecular Hbond substituents is 1. The summed E-state index contributed by atoms with van der Waals surface area (Å²) < 4.78 is 5.36. The molecule has 0 spiro atoms. The molecule has 0 saturated heterocycles. The van der Waals surface area contributed by atoms with E-state index in [2.05, 4.69) is 0 Å². The van der Waals surface area contributed by atoms with Gasteiger partial charge in [-0.2, -0.15) is 0 Å². The Kier molecular flexibility index (Phi) is 3.38. The highest BCUT2D eigenvalue weighted by Gasteiger charge is 2.03. The minimum Gasteiger partial charge on any atom is -0.507 e. The van der Waals surface area contributed by atoms with Gasteiger partial charge in [0, 0.05) is 0 Å². The second-order valence-electron chi connectivity index (χ2n) is 2.62. The van der Waals surface area contributed by atoms with Crippen LogP contribution in [0.25, 0.3) is 6.08 Å². The van der Waals surface area contributed by atoms with E-state index in [4.69, 9.17) is 4.74 Å². The Bertz CT molecular complexity index is 303. The average molecular weight is 178 g/mol. The first-order valence-corrected chi connectivity index (χ1v) is 4.37. The molecule has 0 fully saturated rings. The van der Waals surface area contributed by atoms with E-state index in [0.717, 1.165) is 11.3 Å². The maximum atomic E-state index is 9.52. The second kappa shape index (κ2) is 4.55. The molecule has 0 saturated carbocycles. The molecule has 2 heteroatoms. The topological polar surface area (TPSA) is 29.5 Å². The van der Waals surface area contributed by atoms with Crippen LogP contribution in [0.2, 0.25) is 0 Å². The van der Waals surface area contributed by atoms with Gasteiger partial charge >= 0.3 is 0 Å². The van der Waals surface area contributed by atoms with Gasteiger partial charge in [0.1, 0.15) is 11.5 Å². The van der Waals surface area contributed by atoms with E-state index in [-0.39, 0.29) is 5.75 Å². The van der Waals surface area contributed by atoms with Crippen LogP contribution in [-0.2, 0) is 0 Å². The van der Waals surface area contributed by atoms with Gasteiger partial charge in [-0.1, -0.05) is 18.2 Å². The van der Waals surface area contributed by atoms with Gasteiger partial charge in [0.05, 0.1) is 12.2 Å². The van der Waals surface area contributed by atoms with E-state index in [9.17, 15) is 5.11 Å². The van der Waals surface area contributed by atoms with Crippen molar-refractivity contribution in [2.75, 3.05) is 6.61 Å². The first-order valence-electron chi connectivity index (χ1n) is 4.37. The molecule has 2 nitrogen and oxygen atoms in total. The van der Waals surface area contributed by atoms with Crippen molar-refractivity contribution < 1.29 is 9.84 Å². The average Bonchev–Trinajstić information content (AvgIpc) is 2.11. The van der Waals surface area contributed by atoms with Gasteiger partial charge in [-0.3, -0.25) is 0 Å². The lowest BCUT2D eigenvalue weighted by molar-refractivity contribution is 0.337. The highest BCUT2D eigenvalue weighted by molar-refractivity contribution is 5.63. The Morgan fingerprint density at radius 3 is 2.85 bits per heavy atom. The van der Waals surface area contributed by atoms with Gasteiger partial charge in [-0.25, -0.2) is 0 Å². The third-order valence-corrected chi connectivity index (χ3v) is 1.68. The van der Waals surface area contributed by atoms with Gasteiger partial charge in [-0.15, -0.1) is 0 Å².